The number of hydrogen-bond donors (Lipinski definition) is 2. The van der Waals surface area contributed by atoms with Gasteiger partial charge in [-0.3, -0.25) is 20.1 Å². The lowest BCUT2D eigenvalue weighted by Crippen LogP contribution is -2.62. The van der Waals surface area contributed by atoms with E-state index < -0.39 is 16.9 Å². The van der Waals surface area contributed by atoms with Crippen molar-refractivity contribution in [2.45, 2.75) is 37.6 Å². The summed E-state index contributed by atoms with van der Waals surface area (Å²) in [5.41, 5.74) is 2.37. The molecule has 7 nitrogen and oxygen atoms in total. The van der Waals surface area contributed by atoms with E-state index >= 15 is 0 Å². The van der Waals surface area contributed by atoms with Crippen molar-refractivity contribution in [3.63, 3.8) is 0 Å². The van der Waals surface area contributed by atoms with Crippen LogP contribution in [0.2, 0.25) is 0 Å². The number of amides is 1. The largest absolute Gasteiger partial charge is 0.345 e. The summed E-state index contributed by atoms with van der Waals surface area (Å²) in [5.74, 6) is -0.725. The van der Waals surface area contributed by atoms with Crippen molar-refractivity contribution in [2.24, 2.45) is 0 Å². The number of rotatable bonds is 4. The molecule has 4 rings (SSSR count). The summed E-state index contributed by atoms with van der Waals surface area (Å²) in [6.07, 6.45) is 3.22. The van der Waals surface area contributed by atoms with Gasteiger partial charge in [0.2, 0.25) is 5.91 Å². The van der Waals surface area contributed by atoms with Crippen LogP contribution in [-0.2, 0) is 15.7 Å². The van der Waals surface area contributed by atoms with Gasteiger partial charge in [0.05, 0.1) is 28.5 Å². The number of guanidine groups is 1. The van der Waals surface area contributed by atoms with Gasteiger partial charge in [-0.15, -0.1) is 11.3 Å². The highest BCUT2D eigenvalue weighted by Crippen LogP contribution is 2.44. The lowest BCUT2D eigenvalue weighted by Gasteiger charge is -2.45. The molecule has 0 spiro atoms. The number of aromatic nitrogens is 1. The van der Waals surface area contributed by atoms with Gasteiger partial charge in [0.15, 0.2) is 5.96 Å². The summed E-state index contributed by atoms with van der Waals surface area (Å²) in [6.45, 7) is 5.65. The third kappa shape index (κ3) is 3.83. The van der Waals surface area contributed by atoms with Crippen LogP contribution < -0.4 is 5.32 Å². The second-order valence-electron chi connectivity index (χ2n) is 9.14. The quantitative estimate of drug-likeness (QED) is 0.586. The molecule has 3 heterocycles. The first-order chi connectivity index (χ1) is 16.1. The Morgan fingerprint density at radius 2 is 1.88 bits per heavy atom. The van der Waals surface area contributed by atoms with Gasteiger partial charge in [0, 0.05) is 29.9 Å². The van der Waals surface area contributed by atoms with E-state index in [1.807, 2.05) is 56.5 Å². The maximum Gasteiger partial charge on any atom is 0.239 e. The summed E-state index contributed by atoms with van der Waals surface area (Å²) in [6, 6.07) is 15.8. The highest BCUT2D eigenvalue weighted by Gasteiger charge is 2.49. The number of nitriles is 2. The predicted octanol–water partition coefficient (Wildman–Crippen LogP) is 4.48. The molecule has 2 atom stereocenters. The normalized spacial score (nSPS) is 20.4. The van der Waals surface area contributed by atoms with Crippen LogP contribution in [0.4, 0.5) is 0 Å². The standard InChI is InChI=1S/C26H24N6OS/c1-25(2,15-28)20-7-5-17(6-8-20)22-23(33)32(4)24(29)31-26(22,3)21-10-19(14-34-21)18-9-16(11-27)12-30-13-18/h5-10,12-14,22H,1-4H3,(H2,29,31)/t22-,26-/m1/s1. The Morgan fingerprint density at radius 1 is 1.18 bits per heavy atom. The zero-order chi connectivity index (χ0) is 24.7. The first-order valence-corrected chi connectivity index (χ1v) is 11.6. The molecule has 170 valence electrons. The molecule has 2 aromatic heterocycles. The second kappa shape index (κ2) is 8.40. The highest BCUT2D eigenvalue weighted by molar-refractivity contribution is 7.10. The number of benzene rings is 1. The molecular weight excluding hydrogens is 444 g/mol. The number of likely N-dealkylation sites (N-methyl/N-ethyl adjacent to an activating group) is 1. The van der Waals surface area contributed by atoms with Crippen LogP contribution in [0.3, 0.4) is 0 Å². The number of thiophene rings is 1. The van der Waals surface area contributed by atoms with Crippen molar-refractivity contribution in [2.75, 3.05) is 7.05 Å². The Morgan fingerprint density at radius 3 is 2.53 bits per heavy atom. The summed E-state index contributed by atoms with van der Waals surface area (Å²) >= 11 is 1.49. The second-order valence-corrected chi connectivity index (χ2v) is 10.0. The first kappa shape index (κ1) is 23.2. The number of pyridine rings is 1. The monoisotopic (exact) mass is 468 g/mol. The van der Waals surface area contributed by atoms with Gasteiger partial charge >= 0.3 is 0 Å². The average Bonchev–Trinajstić information content (AvgIpc) is 3.34. The molecule has 2 N–H and O–H groups in total. The first-order valence-electron chi connectivity index (χ1n) is 10.7. The number of nitrogens with zero attached hydrogens (tertiary/aromatic N) is 4. The molecule has 1 aliphatic heterocycles. The summed E-state index contributed by atoms with van der Waals surface area (Å²) < 4.78 is 0. The molecule has 0 saturated carbocycles. The van der Waals surface area contributed by atoms with Gasteiger partial charge in [-0.25, -0.2) is 0 Å². The Kier molecular flexibility index (Phi) is 5.72. The SMILES string of the molecule is CN1C(=N)N[C@](C)(c2cc(-c3cncc(C#N)c3)cs2)[C@H](c2ccc(C(C)(C)C#N)cc2)C1=O. The molecule has 0 unspecified atom stereocenters. The van der Waals surface area contributed by atoms with Crippen LogP contribution >= 0.6 is 11.3 Å². The molecule has 0 aliphatic carbocycles. The van der Waals surface area contributed by atoms with Gasteiger partial charge in [0.1, 0.15) is 6.07 Å². The van der Waals surface area contributed by atoms with E-state index in [-0.39, 0.29) is 11.9 Å². The van der Waals surface area contributed by atoms with Crippen molar-refractivity contribution in [1.29, 1.82) is 15.9 Å². The van der Waals surface area contributed by atoms with Crippen molar-refractivity contribution >= 4 is 23.2 Å². The fourth-order valence-electron chi connectivity index (χ4n) is 4.21. The van der Waals surface area contributed by atoms with Crippen LogP contribution in [0.1, 0.15) is 48.3 Å². The molecule has 1 amide bonds. The molecule has 0 radical (unpaired) electrons. The van der Waals surface area contributed by atoms with Crippen molar-refractivity contribution in [3.8, 4) is 23.3 Å². The van der Waals surface area contributed by atoms with Gasteiger partial charge in [0.25, 0.3) is 0 Å². The Balaban J connectivity index is 1.79. The topological polar surface area (TPSA) is 117 Å². The Labute approximate surface area is 202 Å². The molecule has 1 saturated heterocycles. The van der Waals surface area contributed by atoms with Gasteiger partial charge < -0.3 is 5.32 Å². The van der Waals surface area contributed by atoms with Gasteiger partial charge in [-0.2, -0.15) is 10.5 Å². The van der Waals surface area contributed by atoms with Crippen LogP contribution in [0.15, 0.2) is 54.2 Å². The fraction of sp³-hybridized carbons (Fsp3) is 0.269. The van der Waals surface area contributed by atoms with Crippen molar-refractivity contribution in [1.82, 2.24) is 15.2 Å². The third-order valence-electron chi connectivity index (χ3n) is 6.43. The molecule has 1 aliphatic rings. The maximum atomic E-state index is 13.5. The number of carbonyl (C=O) groups excluding carboxylic acids is 1. The average molecular weight is 469 g/mol. The predicted molar refractivity (Wildman–Crippen MR) is 131 cm³/mol. The van der Waals surface area contributed by atoms with Gasteiger partial charge in [-0.05, 0) is 55.0 Å². The van der Waals surface area contributed by atoms with Crippen LogP contribution in [0.5, 0.6) is 0 Å². The van der Waals surface area contributed by atoms with Crippen LogP contribution in [-0.4, -0.2) is 28.8 Å². The van der Waals surface area contributed by atoms with E-state index in [1.165, 1.54) is 22.4 Å². The van der Waals surface area contributed by atoms with E-state index in [0.717, 1.165) is 27.1 Å². The number of carbonyl (C=O) groups is 1. The Bertz CT molecular complexity index is 1360. The zero-order valence-corrected chi connectivity index (χ0v) is 20.2. The van der Waals surface area contributed by atoms with Crippen LogP contribution in [0.25, 0.3) is 11.1 Å². The lowest BCUT2D eigenvalue weighted by molar-refractivity contribution is -0.131. The molecule has 1 fully saturated rings. The van der Waals surface area contributed by atoms with E-state index in [9.17, 15) is 15.3 Å². The number of hydrogen-bond acceptors (Lipinski definition) is 6. The summed E-state index contributed by atoms with van der Waals surface area (Å²) in [7, 11) is 1.59. The maximum absolute atomic E-state index is 13.5. The van der Waals surface area contributed by atoms with Gasteiger partial charge in [-0.1, -0.05) is 24.3 Å². The molecule has 1 aromatic carbocycles. The minimum absolute atomic E-state index is 0.0362. The smallest absolute Gasteiger partial charge is 0.239 e. The zero-order valence-electron chi connectivity index (χ0n) is 19.4. The molecule has 0 bridgehead atoms. The van der Waals surface area contributed by atoms with E-state index in [4.69, 9.17) is 5.41 Å². The summed E-state index contributed by atoms with van der Waals surface area (Å²) in [4.78, 5) is 19.8. The van der Waals surface area contributed by atoms with Crippen molar-refractivity contribution in [3.05, 3.63) is 75.7 Å². The van der Waals surface area contributed by atoms with Crippen molar-refractivity contribution < 1.29 is 4.79 Å². The van der Waals surface area contributed by atoms with E-state index in [0.29, 0.717) is 5.56 Å². The molecule has 3 aromatic rings. The minimum Gasteiger partial charge on any atom is -0.345 e. The van der Waals surface area contributed by atoms with E-state index in [2.05, 4.69) is 22.4 Å². The Hall–Kier alpha value is -4.01. The highest BCUT2D eigenvalue weighted by atomic mass is 32.1. The minimum atomic E-state index is -0.865. The molecule has 34 heavy (non-hydrogen) atoms. The number of nitrogens with one attached hydrogen (secondary N) is 2. The molecular formula is C26H24N6OS. The van der Waals surface area contributed by atoms with Crippen LogP contribution in [0, 0.1) is 28.1 Å². The lowest BCUT2D eigenvalue weighted by atomic mass is 9.76. The summed E-state index contributed by atoms with van der Waals surface area (Å²) in [5, 5.41) is 32.3. The third-order valence-corrected chi connectivity index (χ3v) is 7.59. The molecule has 8 heteroatoms. The van der Waals surface area contributed by atoms with E-state index in [1.54, 1.807) is 19.3 Å². The fourth-order valence-corrected chi connectivity index (χ4v) is 5.27.